The SMILES string of the molecule is O=C(O)c1cn[nH]c1-n1cccc1-c1ccc(CN2CCC(F)CC2)cc1. The molecule has 1 aliphatic rings. The van der Waals surface area contributed by atoms with Crippen LogP contribution in [0.5, 0.6) is 0 Å². The lowest BCUT2D eigenvalue weighted by Gasteiger charge is -2.28. The highest BCUT2D eigenvalue weighted by molar-refractivity contribution is 5.91. The van der Waals surface area contributed by atoms with Crippen LogP contribution in [0.15, 0.2) is 48.8 Å². The maximum Gasteiger partial charge on any atom is 0.341 e. The molecule has 4 rings (SSSR count). The van der Waals surface area contributed by atoms with Crippen molar-refractivity contribution in [3.63, 3.8) is 0 Å². The number of hydrogen-bond donors (Lipinski definition) is 2. The van der Waals surface area contributed by atoms with Crippen LogP contribution in [0.2, 0.25) is 0 Å². The van der Waals surface area contributed by atoms with Crippen molar-refractivity contribution in [1.82, 2.24) is 19.7 Å². The summed E-state index contributed by atoms with van der Waals surface area (Å²) in [5, 5.41) is 15.9. The van der Waals surface area contributed by atoms with Crippen LogP contribution in [-0.2, 0) is 6.54 Å². The molecular formula is C20H21FN4O2. The zero-order valence-corrected chi connectivity index (χ0v) is 14.8. The van der Waals surface area contributed by atoms with E-state index in [0.29, 0.717) is 18.7 Å². The molecule has 0 aliphatic carbocycles. The van der Waals surface area contributed by atoms with Crippen LogP contribution in [0.25, 0.3) is 17.1 Å². The maximum atomic E-state index is 13.3. The topological polar surface area (TPSA) is 74.1 Å². The normalized spacial score (nSPS) is 15.9. The number of H-pyrrole nitrogens is 1. The second-order valence-electron chi connectivity index (χ2n) is 6.85. The summed E-state index contributed by atoms with van der Waals surface area (Å²) < 4.78 is 15.1. The van der Waals surface area contributed by atoms with Crippen LogP contribution in [-0.4, -0.2) is 50.0 Å². The maximum absolute atomic E-state index is 13.3. The van der Waals surface area contributed by atoms with E-state index in [1.54, 1.807) is 4.57 Å². The first-order valence-corrected chi connectivity index (χ1v) is 9.02. The van der Waals surface area contributed by atoms with Gasteiger partial charge in [0.05, 0.1) is 11.9 Å². The largest absolute Gasteiger partial charge is 0.477 e. The molecule has 3 heterocycles. The van der Waals surface area contributed by atoms with Gasteiger partial charge >= 0.3 is 5.97 Å². The van der Waals surface area contributed by atoms with Gasteiger partial charge < -0.3 is 9.67 Å². The number of rotatable bonds is 5. The number of aromatic amines is 1. The van der Waals surface area contributed by atoms with Crippen LogP contribution < -0.4 is 0 Å². The zero-order valence-electron chi connectivity index (χ0n) is 14.8. The predicted octanol–water partition coefficient (Wildman–Crippen LogP) is 3.50. The monoisotopic (exact) mass is 368 g/mol. The van der Waals surface area contributed by atoms with E-state index in [-0.39, 0.29) is 5.56 Å². The van der Waals surface area contributed by atoms with Gasteiger partial charge in [-0.3, -0.25) is 10.00 Å². The van der Waals surface area contributed by atoms with Gasteiger partial charge in [-0.15, -0.1) is 0 Å². The van der Waals surface area contributed by atoms with Crippen molar-refractivity contribution in [3.8, 4) is 17.1 Å². The van der Waals surface area contributed by atoms with Crippen LogP contribution in [0.1, 0.15) is 28.8 Å². The van der Waals surface area contributed by atoms with Gasteiger partial charge in [-0.2, -0.15) is 5.10 Å². The Morgan fingerprint density at radius 3 is 2.67 bits per heavy atom. The van der Waals surface area contributed by atoms with E-state index in [9.17, 15) is 14.3 Å². The number of carboxylic acid groups (broad SMARTS) is 1. The Kier molecular flexibility index (Phi) is 4.77. The van der Waals surface area contributed by atoms with Crippen molar-refractivity contribution < 1.29 is 14.3 Å². The molecule has 2 aromatic heterocycles. The summed E-state index contributed by atoms with van der Waals surface area (Å²) in [5.74, 6) is -0.591. The smallest absolute Gasteiger partial charge is 0.341 e. The van der Waals surface area contributed by atoms with Gasteiger partial charge in [-0.1, -0.05) is 24.3 Å². The fourth-order valence-electron chi connectivity index (χ4n) is 3.53. The number of aromatic carboxylic acids is 1. The van der Waals surface area contributed by atoms with Gasteiger partial charge in [0.25, 0.3) is 0 Å². The summed E-state index contributed by atoms with van der Waals surface area (Å²) in [4.78, 5) is 13.7. The minimum Gasteiger partial charge on any atom is -0.477 e. The van der Waals surface area contributed by atoms with Gasteiger partial charge in [-0.05, 0) is 36.1 Å². The molecule has 0 spiro atoms. The number of aromatic nitrogens is 3. The molecule has 0 saturated carbocycles. The molecular weight excluding hydrogens is 347 g/mol. The molecule has 0 unspecified atom stereocenters. The minimum atomic E-state index is -1.02. The molecule has 0 atom stereocenters. The van der Waals surface area contributed by atoms with Crippen LogP contribution in [0.3, 0.4) is 0 Å². The van der Waals surface area contributed by atoms with Crippen LogP contribution in [0, 0.1) is 0 Å². The number of carboxylic acids is 1. The zero-order chi connectivity index (χ0) is 18.8. The summed E-state index contributed by atoms with van der Waals surface area (Å²) in [5.41, 5.74) is 3.17. The number of halogens is 1. The van der Waals surface area contributed by atoms with Crippen molar-refractivity contribution in [2.75, 3.05) is 13.1 Å². The number of likely N-dealkylation sites (tertiary alicyclic amines) is 1. The van der Waals surface area contributed by atoms with Gasteiger partial charge in [0.15, 0.2) is 0 Å². The molecule has 0 bridgehead atoms. The van der Waals surface area contributed by atoms with E-state index in [4.69, 9.17) is 0 Å². The summed E-state index contributed by atoms with van der Waals surface area (Å²) >= 11 is 0. The van der Waals surface area contributed by atoms with Crippen molar-refractivity contribution in [2.24, 2.45) is 0 Å². The summed E-state index contributed by atoms with van der Waals surface area (Å²) in [7, 11) is 0. The molecule has 2 N–H and O–H groups in total. The van der Waals surface area contributed by atoms with Crippen molar-refractivity contribution in [1.29, 1.82) is 0 Å². The average Bonchev–Trinajstić information content (AvgIpc) is 3.33. The number of nitrogens with zero attached hydrogens (tertiary/aromatic N) is 3. The Labute approximate surface area is 156 Å². The van der Waals surface area contributed by atoms with E-state index in [2.05, 4.69) is 27.2 Å². The molecule has 1 fully saturated rings. The quantitative estimate of drug-likeness (QED) is 0.723. The number of piperidine rings is 1. The summed E-state index contributed by atoms with van der Waals surface area (Å²) in [6.45, 7) is 2.41. The minimum absolute atomic E-state index is 0.125. The third-order valence-electron chi connectivity index (χ3n) is 5.01. The molecule has 0 amide bonds. The first kappa shape index (κ1) is 17.5. The van der Waals surface area contributed by atoms with Crippen molar-refractivity contribution >= 4 is 5.97 Å². The highest BCUT2D eigenvalue weighted by atomic mass is 19.1. The molecule has 3 aromatic rings. The number of alkyl halides is 1. The average molecular weight is 368 g/mol. The van der Waals surface area contributed by atoms with E-state index < -0.39 is 12.1 Å². The molecule has 27 heavy (non-hydrogen) atoms. The Bertz CT molecular complexity index is 924. The van der Waals surface area contributed by atoms with Gasteiger partial charge in [-0.25, -0.2) is 9.18 Å². The second kappa shape index (κ2) is 7.36. The Morgan fingerprint density at radius 2 is 1.96 bits per heavy atom. The summed E-state index contributed by atoms with van der Waals surface area (Å²) in [6.07, 6.45) is 3.69. The lowest BCUT2D eigenvalue weighted by molar-refractivity contribution is 0.0697. The molecule has 1 aliphatic heterocycles. The predicted molar refractivity (Wildman–Crippen MR) is 99.7 cm³/mol. The molecule has 7 heteroatoms. The Balaban J connectivity index is 1.54. The van der Waals surface area contributed by atoms with Gasteiger partial charge in [0.2, 0.25) is 0 Å². The van der Waals surface area contributed by atoms with Crippen LogP contribution in [0.4, 0.5) is 4.39 Å². The number of nitrogens with one attached hydrogen (secondary N) is 1. The lowest BCUT2D eigenvalue weighted by Crippen LogP contribution is -2.33. The summed E-state index contributed by atoms with van der Waals surface area (Å²) in [6, 6.07) is 12.0. The number of carbonyl (C=O) groups is 1. The highest BCUT2D eigenvalue weighted by Crippen LogP contribution is 2.25. The van der Waals surface area contributed by atoms with Gasteiger partial charge in [0, 0.05) is 25.8 Å². The van der Waals surface area contributed by atoms with Gasteiger partial charge in [0.1, 0.15) is 17.6 Å². The highest BCUT2D eigenvalue weighted by Gasteiger charge is 2.19. The first-order chi connectivity index (χ1) is 13.1. The molecule has 1 aromatic carbocycles. The van der Waals surface area contributed by atoms with E-state index in [1.807, 2.05) is 30.5 Å². The molecule has 1 saturated heterocycles. The van der Waals surface area contributed by atoms with Crippen molar-refractivity contribution in [3.05, 3.63) is 59.9 Å². The molecule has 0 radical (unpaired) electrons. The van der Waals surface area contributed by atoms with E-state index >= 15 is 0 Å². The molecule has 6 nitrogen and oxygen atoms in total. The third-order valence-corrected chi connectivity index (χ3v) is 5.01. The standard InChI is InChI=1S/C20H21FN4O2/c21-16-7-10-24(11-8-16)13-14-3-5-15(6-4-14)18-2-1-9-25(18)19-17(20(26)27)12-22-23-19/h1-6,9,12,16H,7-8,10-11,13H2,(H,22,23)(H,26,27). The first-order valence-electron chi connectivity index (χ1n) is 9.02. The van der Waals surface area contributed by atoms with Crippen molar-refractivity contribution in [2.45, 2.75) is 25.6 Å². The molecule has 140 valence electrons. The fraction of sp³-hybridized carbons (Fsp3) is 0.300. The Morgan fingerprint density at radius 1 is 1.22 bits per heavy atom. The number of benzene rings is 1. The van der Waals surface area contributed by atoms with E-state index in [1.165, 1.54) is 11.8 Å². The fourth-order valence-corrected chi connectivity index (χ4v) is 3.53. The number of hydrogen-bond acceptors (Lipinski definition) is 3. The lowest BCUT2D eigenvalue weighted by atomic mass is 10.1. The van der Waals surface area contributed by atoms with Crippen LogP contribution >= 0.6 is 0 Å². The third kappa shape index (κ3) is 3.64. The second-order valence-corrected chi connectivity index (χ2v) is 6.85. The van der Waals surface area contributed by atoms with E-state index in [0.717, 1.165) is 30.9 Å². The Hall–Kier alpha value is -2.93.